The van der Waals surface area contributed by atoms with Gasteiger partial charge in [-0.2, -0.15) is 0 Å². The van der Waals surface area contributed by atoms with Gasteiger partial charge < -0.3 is 9.84 Å². The molecule has 1 aromatic rings. The van der Waals surface area contributed by atoms with E-state index in [1.54, 1.807) is 20.0 Å². The van der Waals surface area contributed by atoms with Crippen LogP contribution in [0.3, 0.4) is 0 Å². The summed E-state index contributed by atoms with van der Waals surface area (Å²) in [5.41, 5.74) is 1.36. The van der Waals surface area contributed by atoms with Crippen molar-refractivity contribution in [1.29, 1.82) is 0 Å². The SMILES string of the molecule is Cc1nc(CCOCC(F)F)ncc1C(C)O. The van der Waals surface area contributed by atoms with Crippen LogP contribution in [0.1, 0.15) is 30.1 Å². The highest BCUT2D eigenvalue weighted by atomic mass is 19.3. The number of aliphatic hydroxyl groups is 1. The number of ether oxygens (including phenoxy) is 1. The van der Waals surface area contributed by atoms with Gasteiger partial charge in [-0.05, 0) is 13.8 Å². The Labute approximate surface area is 98.7 Å². The summed E-state index contributed by atoms with van der Waals surface area (Å²) in [6.45, 7) is 3.01. The van der Waals surface area contributed by atoms with E-state index >= 15 is 0 Å². The summed E-state index contributed by atoms with van der Waals surface area (Å²) in [4.78, 5) is 8.21. The van der Waals surface area contributed by atoms with E-state index in [0.29, 0.717) is 23.5 Å². The molecular formula is C11H16F2N2O2. The van der Waals surface area contributed by atoms with Crippen LogP contribution >= 0.6 is 0 Å². The molecule has 0 bridgehead atoms. The van der Waals surface area contributed by atoms with Gasteiger partial charge >= 0.3 is 0 Å². The molecule has 0 fully saturated rings. The summed E-state index contributed by atoms with van der Waals surface area (Å²) in [5.74, 6) is 0.529. The maximum Gasteiger partial charge on any atom is 0.261 e. The van der Waals surface area contributed by atoms with Crippen LogP contribution in [0.25, 0.3) is 0 Å². The van der Waals surface area contributed by atoms with Crippen LogP contribution < -0.4 is 0 Å². The molecule has 0 aliphatic rings. The molecule has 0 aromatic carbocycles. The third-order valence-electron chi connectivity index (χ3n) is 2.23. The second-order valence-corrected chi connectivity index (χ2v) is 3.72. The monoisotopic (exact) mass is 246 g/mol. The second kappa shape index (κ2) is 6.56. The van der Waals surface area contributed by atoms with Gasteiger partial charge in [-0.15, -0.1) is 0 Å². The summed E-state index contributed by atoms with van der Waals surface area (Å²) >= 11 is 0. The zero-order chi connectivity index (χ0) is 12.8. The van der Waals surface area contributed by atoms with Crippen LogP contribution in [-0.2, 0) is 11.2 Å². The molecule has 1 atom stereocenters. The van der Waals surface area contributed by atoms with Gasteiger partial charge in [0.15, 0.2) is 0 Å². The number of aromatic nitrogens is 2. The maximum atomic E-state index is 11.8. The van der Waals surface area contributed by atoms with E-state index in [9.17, 15) is 13.9 Å². The smallest absolute Gasteiger partial charge is 0.261 e. The van der Waals surface area contributed by atoms with Crippen LogP contribution in [0.4, 0.5) is 8.78 Å². The fourth-order valence-electron chi connectivity index (χ4n) is 1.39. The molecule has 0 spiro atoms. The minimum atomic E-state index is -2.45. The van der Waals surface area contributed by atoms with Crippen molar-refractivity contribution < 1.29 is 18.6 Å². The van der Waals surface area contributed by atoms with E-state index in [4.69, 9.17) is 4.74 Å². The van der Waals surface area contributed by atoms with Gasteiger partial charge in [0.1, 0.15) is 12.4 Å². The zero-order valence-electron chi connectivity index (χ0n) is 9.86. The molecule has 6 heteroatoms. The van der Waals surface area contributed by atoms with Gasteiger partial charge in [-0.25, -0.2) is 18.7 Å². The van der Waals surface area contributed by atoms with Gasteiger partial charge in [0.05, 0.1) is 12.7 Å². The fourth-order valence-corrected chi connectivity index (χ4v) is 1.39. The molecule has 1 unspecified atom stereocenters. The second-order valence-electron chi connectivity index (χ2n) is 3.72. The number of hydrogen-bond donors (Lipinski definition) is 1. The Kier molecular flexibility index (Phi) is 5.37. The van der Waals surface area contributed by atoms with Gasteiger partial charge in [-0.3, -0.25) is 0 Å². The largest absolute Gasteiger partial charge is 0.389 e. The van der Waals surface area contributed by atoms with E-state index in [2.05, 4.69) is 9.97 Å². The zero-order valence-corrected chi connectivity index (χ0v) is 9.86. The molecule has 0 saturated heterocycles. The number of alkyl halides is 2. The maximum absolute atomic E-state index is 11.8. The van der Waals surface area contributed by atoms with Crippen LogP contribution in [-0.4, -0.2) is 34.7 Å². The summed E-state index contributed by atoms with van der Waals surface area (Å²) in [7, 11) is 0. The molecule has 17 heavy (non-hydrogen) atoms. The number of aliphatic hydroxyl groups excluding tert-OH is 1. The highest BCUT2D eigenvalue weighted by Gasteiger charge is 2.08. The lowest BCUT2D eigenvalue weighted by molar-refractivity contribution is 0.0182. The Morgan fingerprint density at radius 3 is 2.71 bits per heavy atom. The van der Waals surface area contributed by atoms with Gasteiger partial charge in [0.2, 0.25) is 0 Å². The molecule has 0 amide bonds. The molecule has 0 saturated carbocycles. The van der Waals surface area contributed by atoms with Crippen molar-refractivity contribution in [2.75, 3.05) is 13.2 Å². The van der Waals surface area contributed by atoms with Crippen molar-refractivity contribution in [2.45, 2.75) is 32.8 Å². The van der Waals surface area contributed by atoms with Crippen LogP contribution in [0, 0.1) is 6.92 Å². The lowest BCUT2D eigenvalue weighted by atomic mass is 10.1. The summed E-state index contributed by atoms with van der Waals surface area (Å²) in [6.07, 6.45) is -1.13. The van der Waals surface area contributed by atoms with Crippen molar-refractivity contribution in [1.82, 2.24) is 9.97 Å². The molecule has 0 aliphatic heterocycles. The van der Waals surface area contributed by atoms with E-state index in [-0.39, 0.29) is 6.61 Å². The number of aryl methyl sites for hydroxylation is 1. The molecular weight excluding hydrogens is 230 g/mol. The Balaban J connectivity index is 2.47. The summed E-state index contributed by atoms with van der Waals surface area (Å²) in [5, 5.41) is 9.38. The molecule has 0 aliphatic carbocycles. The van der Waals surface area contributed by atoms with Gasteiger partial charge in [-0.1, -0.05) is 0 Å². The quantitative estimate of drug-likeness (QED) is 0.776. The molecule has 1 aromatic heterocycles. The summed E-state index contributed by atoms with van der Waals surface area (Å²) < 4.78 is 28.3. The third kappa shape index (κ3) is 4.70. The Bertz CT molecular complexity index is 359. The molecule has 1 N–H and O–H groups in total. The van der Waals surface area contributed by atoms with Crippen molar-refractivity contribution >= 4 is 0 Å². The Hall–Kier alpha value is -1.14. The normalized spacial score (nSPS) is 13.1. The predicted molar refractivity (Wildman–Crippen MR) is 57.9 cm³/mol. The van der Waals surface area contributed by atoms with Crippen LogP contribution in [0.5, 0.6) is 0 Å². The van der Waals surface area contributed by atoms with Crippen LogP contribution in [0.15, 0.2) is 6.20 Å². The van der Waals surface area contributed by atoms with Gasteiger partial charge in [0.25, 0.3) is 6.43 Å². The fraction of sp³-hybridized carbons (Fsp3) is 0.636. The first-order valence-electron chi connectivity index (χ1n) is 5.37. The highest BCUT2D eigenvalue weighted by molar-refractivity contribution is 5.18. The van der Waals surface area contributed by atoms with E-state index in [1.165, 1.54) is 0 Å². The van der Waals surface area contributed by atoms with E-state index in [1.807, 2.05) is 0 Å². The average molecular weight is 246 g/mol. The number of hydrogen-bond acceptors (Lipinski definition) is 4. The minimum absolute atomic E-state index is 0.164. The molecule has 96 valence electrons. The van der Waals surface area contributed by atoms with Crippen LogP contribution in [0.2, 0.25) is 0 Å². The lowest BCUT2D eigenvalue weighted by Gasteiger charge is -2.09. The third-order valence-corrected chi connectivity index (χ3v) is 2.23. The Morgan fingerprint density at radius 1 is 1.47 bits per heavy atom. The van der Waals surface area contributed by atoms with Crippen molar-refractivity contribution in [3.63, 3.8) is 0 Å². The first kappa shape index (κ1) is 13.9. The average Bonchev–Trinajstić information content (AvgIpc) is 2.23. The van der Waals surface area contributed by atoms with E-state index in [0.717, 1.165) is 0 Å². The van der Waals surface area contributed by atoms with Gasteiger partial charge in [0, 0.05) is 23.9 Å². The number of nitrogens with zero attached hydrogens (tertiary/aromatic N) is 2. The molecule has 1 rings (SSSR count). The highest BCUT2D eigenvalue weighted by Crippen LogP contribution is 2.13. The summed E-state index contributed by atoms with van der Waals surface area (Å²) in [6, 6.07) is 0. The first-order valence-corrected chi connectivity index (χ1v) is 5.37. The lowest BCUT2D eigenvalue weighted by Crippen LogP contribution is -2.10. The van der Waals surface area contributed by atoms with Crippen molar-refractivity contribution in [2.24, 2.45) is 0 Å². The first-order chi connectivity index (χ1) is 8.00. The molecule has 1 heterocycles. The minimum Gasteiger partial charge on any atom is -0.389 e. The topological polar surface area (TPSA) is 55.2 Å². The Morgan fingerprint density at radius 2 is 2.18 bits per heavy atom. The van der Waals surface area contributed by atoms with E-state index < -0.39 is 19.1 Å². The number of rotatable bonds is 6. The number of halogens is 2. The predicted octanol–water partition coefficient (Wildman–Crippen LogP) is 1.66. The molecule has 0 radical (unpaired) electrons. The van der Waals surface area contributed by atoms with Crippen molar-refractivity contribution in [3.05, 3.63) is 23.3 Å². The molecule has 4 nitrogen and oxygen atoms in total. The van der Waals surface area contributed by atoms with Crippen molar-refractivity contribution in [3.8, 4) is 0 Å². The standard InChI is InChI=1S/C11H16F2N2O2/c1-7-9(8(2)16)5-14-11(15-7)3-4-17-6-10(12)13/h5,8,10,16H,3-4,6H2,1-2H3.